The number of methoxy groups -OCH3 is 1. The van der Waals surface area contributed by atoms with Gasteiger partial charge in [0.1, 0.15) is 33.9 Å². The third-order valence-electron chi connectivity index (χ3n) is 10.7. The van der Waals surface area contributed by atoms with Crippen LogP contribution in [0.25, 0.3) is 11.1 Å². The van der Waals surface area contributed by atoms with Gasteiger partial charge < -0.3 is 19.1 Å². The minimum Gasteiger partial charge on any atom is -0.508 e. The highest BCUT2D eigenvalue weighted by Crippen LogP contribution is 2.71. The van der Waals surface area contributed by atoms with Crippen molar-refractivity contribution >= 4 is 12.7 Å². The quantitative estimate of drug-likeness (QED) is 0.118. The lowest BCUT2D eigenvalue weighted by molar-refractivity contribution is 0.414. The number of para-hydroxylation sites is 1. The van der Waals surface area contributed by atoms with Gasteiger partial charge in [0.05, 0.1) is 12.4 Å². The van der Waals surface area contributed by atoms with Crippen molar-refractivity contribution < 1.29 is 23.7 Å². The number of rotatable bonds is 9. The number of benzene rings is 7. The standard InChI is InChI=1S/C48H41O5P/c1-33-13-15-36(16-14-33)48(37-17-25-39(49)26-18-37,54(50)46-12-8-6-10-44(46)43-9-5-7-11-45(43)53-54)38-23-31-42(32-24-38)52-41-29-21-35(22-30-41)47(2,3)34-19-27-40(51-4)28-20-34/h5-32,49H,1-4H3. The number of aryl methyl sites for hydroxylation is 1. The first-order chi connectivity index (χ1) is 26.1. The van der Waals surface area contributed by atoms with Crippen LogP contribution in [0.2, 0.25) is 0 Å². The maximum atomic E-state index is 16.5. The number of phenols is 1. The smallest absolute Gasteiger partial charge is 0.296 e. The number of phenolic OH excluding ortho intramolecular Hbond substituents is 1. The van der Waals surface area contributed by atoms with Gasteiger partial charge in [0.2, 0.25) is 0 Å². The molecule has 0 bridgehead atoms. The van der Waals surface area contributed by atoms with Crippen LogP contribution < -0.4 is 19.3 Å². The molecule has 2 unspecified atom stereocenters. The maximum absolute atomic E-state index is 16.5. The lowest BCUT2D eigenvalue weighted by Crippen LogP contribution is -2.37. The lowest BCUT2D eigenvalue weighted by Gasteiger charge is -2.44. The van der Waals surface area contributed by atoms with Gasteiger partial charge in [0, 0.05) is 11.0 Å². The number of hydrogen-bond donors (Lipinski definition) is 1. The van der Waals surface area contributed by atoms with E-state index in [4.69, 9.17) is 14.0 Å². The van der Waals surface area contributed by atoms with E-state index in [2.05, 4.69) is 38.1 Å². The van der Waals surface area contributed by atoms with E-state index in [0.717, 1.165) is 44.7 Å². The van der Waals surface area contributed by atoms with Crippen molar-refractivity contribution in [2.75, 3.05) is 7.11 Å². The minimum absolute atomic E-state index is 0.118. The van der Waals surface area contributed by atoms with Crippen LogP contribution in [0.15, 0.2) is 170 Å². The normalized spacial score (nSPS) is 15.9. The first kappa shape index (κ1) is 35.0. The molecule has 7 aromatic rings. The SMILES string of the molecule is COc1ccc(C(C)(C)c2ccc(Oc3ccc(C(c4ccc(C)cc4)(c4ccc(O)cc4)P4(=O)Oc5ccccc5-c5ccccc54)cc3)cc2)cc1. The summed E-state index contributed by atoms with van der Waals surface area (Å²) < 4.78 is 35.2. The van der Waals surface area contributed by atoms with Crippen LogP contribution >= 0.6 is 7.37 Å². The molecule has 0 spiro atoms. The first-order valence-corrected chi connectivity index (χ1v) is 19.6. The number of hydrogen-bond acceptors (Lipinski definition) is 5. The molecule has 0 aliphatic carbocycles. The highest BCUT2D eigenvalue weighted by molar-refractivity contribution is 7.69. The van der Waals surface area contributed by atoms with Crippen LogP contribution in [-0.2, 0) is 15.1 Å². The second kappa shape index (κ2) is 13.7. The van der Waals surface area contributed by atoms with Crippen molar-refractivity contribution in [1.29, 1.82) is 0 Å². The molecule has 1 aliphatic heterocycles. The molecule has 1 aliphatic rings. The largest absolute Gasteiger partial charge is 0.508 e. The summed E-state index contributed by atoms with van der Waals surface area (Å²) >= 11 is 0. The second-order valence-corrected chi connectivity index (χ2v) is 16.7. The fourth-order valence-electron chi connectivity index (χ4n) is 7.69. The van der Waals surface area contributed by atoms with E-state index in [1.54, 1.807) is 19.2 Å². The predicted octanol–water partition coefficient (Wildman–Crippen LogP) is 11.8. The Morgan fingerprint density at radius 3 is 1.54 bits per heavy atom. The summed E-state index contributed by atoms with van der Waals surface area (Å²) in [5.41, 5.74) is 7.26. The summed E-state index contributed by atoms with van der Waals surface area (Å²) in [5.74, 6) is 2.85. The Hall–Kier alpha value is -6.03. The minimum atomic E-state index is -3.94. The van der Waals surface area contributed by atoms with Crippen molar-refractivity contribution in [3.05, 3.63) is 203 Å². The van der Waals surface area contributed by atoms with Crippen molar-refractivity contribution in [3.63, 3.8) is 0 Å². The van der Waals surface area contributed by atoms with Gasteiger partial charge in [0.15, 0.2) is 0 Å². The van der Waals surface area contributed by atoms with Crippen molar-refractivity contribution in [1.82, 2.24) is 0 Å². The Kier molecular flexibility index (Phi) is 8.92. The molecule has 0 fully saturated rings. The monoisotopic (exact) mass is 728 g/mol. The van der Waals surface area contributed by atoms with Crippen LogP contribution in [0.1, 0.15) is 47.2 Å². The molecule has 0 saturated carbocycles. The summed E-state index contributed by atoms with van der Waals surface area (Å²) in [7, 11) is -2.26. The summed E-state index contributed by atoms with van der Waals surface area (Å²) in [6.07, 6.45) is 0. The summed E-state index contributed by atoms with van der Waals surface area (Å²) in [6, 6.07) is 54.9. The number of fused-ring (bicyclic) bond motifs is 3. The first-order valence-electron chi connectivity index (χ1n) is 18.0. The zero-order valence-electron chi connectivity index (χ0n) is 30.7. The summed E-state index contributed by atoms with van der Waals surface area (Å²) in [6.45, 7) is 6.45. The molecule has 268 valence electrons. The summed E-state index contributed by atoms with van der Waals surface area (Å²) in [4.78, 5) is 0. The molecule has 54 heavy (non-hydrogen) atoms. The maximum Gasteiger partial charge on any atom is 0.296 e. The van der Waals surface area contributed by atoms with E-state index >= 15 is 4.57 Å². The molecule has 0 radical (unpaired) electrons. The topological polar surface area (TPSA) is 65.0 Å². The van der Waals surface area contributed by atoms with Crippen molar-refractivity contribution in [3.8, 4) is 39.9 Å². The lowest BCUT2D eigenvalue weighted by atomic mass is 9.78. The second-order valence-electron chi connectivity index (χ2n) is 14.3. The van der Waals surface area contributed by atoms with E-state index in [-0.39, 0.29) is 11.2 Å². The third-order valence-corrected chi connectivity index (χ3v) is 13.9. The molecule has 0 aromatic heterocycles. The molecule has 1 N–H and O–H groups in total. The molecule has 2 atom stereocenters. The van der Waals surface area contributed by atoms with Gasteiger partial charge in [-0.05, 0) is 101 Å². The molecular formula is C48H41O5P. The molecule has 1 heterocycles. The van der Waals surface area contributed by atoms with Crippen LogP contribution in [0, 0.1) is 6.92 Å². The van der Waals surface area contributed by atoms with Crippen LogP contribution in [-0.4, -0.2) is 12.2 Å². The Morgan fingerprint density at radius 2 is 0.981 bits per heavy atom. The highest BCUT2D eigenvalue weighted by atomic mass is 31.2. The number of aromatic hydroxyl groups is 1. The van der Waals surface area contributed by atoms with E-state index in [1.165, 1.54) is 5.56 Å². The molecular weight excluding hydrogens is 687 g/mol. The Bertz CT molecular complexity index is 2420. The third kappa shape index (κ3) is 5.86. The predicted molar refractivity (Wildman–Crippen MR) is 217 cm³/mol. The fraction of sp³-hybridized carbons (Fsp3) is 0.125. The van der Waals surface area contributed by atoms with Gasteiger partial charge in [-0.15, -0.1) is 0 Å². The van der Waals surface area contributed by atoms with Gasteiger partial charge >= 0.3 is 0 Å². The van der Waals surface area contributed by atoms with Gasteiger partial charge in [-0.2, -0.15) is 0 Å². The van der Waals surface area contributed by atoms with E-state index in [9.17, 15) is 5.11 Å². The Labute approximate surface area is 316 Å². The van der Waals surface area contributed by atoms with E-state index in [0.29, 0.717) is 22.6 Å². The van der Waals surface area contributed by atoms with Gasteiger partial charge in [0.25, 0.3) is 7.37 Å². The fourth-order valence-corrected chi connectivity index (χ4v) is 11.0. The highest BCUT2D eigenvalue weighted by Gasteiger charge is 2.58. The molecule has 8 rings (SSSR count). The molecule has 0 amide bonds. The van der Waals surface area contributed by atoms with E-state index in [1.807, 2.05) is 140 Å². The molecule has 6 heteroatoms. The average molecular weight is 729 g/mol. The summed E-state index contributed by atoms with van der Waals surface area (Å²) in [5, 5.41) is 9.78. The van der Waals surface area contributed by atoms with Crippen LogP contribution in [0.5, 0.6) is 28.7 Å². The Balaban J connectivity index is 1.23. The molecule has 7 aromatic carbocycles. The van der Waals surface area contributed by atoms with Crippen LogP contribution in [0.3, 0.4) is 0 Å². The Morgan fingerprint density at radius 1 is 0.537 bits per heavy atom. The van der Waals surface area contributed by atoms with Gasteiger partial charge in [-0.3, -0.25) is 4.57 Å². The average Bonchev–Trinajstić information content (AvgIpc) is 3.20. The van der Waals surface area contributed by atoms with Gasteiger partial charge in [-0.25, -0.2) is 0 Å². The molecule has 5 nitrogen and oxygen atoms in total. The zero-order chi connectivity index (χ0) is 37.5. The van der Waals surface area contributed by atoms with E-state index < -0.39 is 12.5 Å². The van der Waals surface area contributed by atoms with Gasteiger partial charge in [-0.1, -0.05) is 129 Å². The zero-order valence-corrected chi connectivity index (χ0v) is 31.6. The van der Waals surface area contributed by atoms with Crippen molar-refractivity contribution in [2.24, 2.45) is 0 Å². The molecule has 0 saturated heterocycles. The van der Waals surface area contributed by atoms with Crippen LogP contribution in [0.4, 0.5) is 0 Å². The van der Waals surface area contributed by atoms with Crippen molar-refractivity contribution in [2.45, 2.75) is 31.3 Å². The number of ether oxygens (including phenoxy) is 2.